The van der Waals surface area contributed by atoms with Gasteiger partial charge >= 0.3 is 0 Å². The highest BCUT2D eigenvalue weighted by Gasteiger charge is 2.10. The number of carbonyl (C=O) groups excluding carboxylic acids is 1. The molecule has 0 saturated carbocycles. The molecular formula is C19H17F2N5O. The van der Waals surface area contributed by atoms with Gasteiger partial charge in [-0.15, -0.1) is 0 Å². The van der Waals surface area contributed by atoms with Gasteiger partial charge in [0.2, 0.25) is 0 Å². The summed E-state index contributed by atoms with van der Waals surface area (Å²) in [5.74, 6) is -2.05. The summed E-state index contributed by atoms with van der Waals surface area (Å²) in [5.41, 5.74) is 2.07. The first kappa shape index (κ1) is 18.2. The number of carbonyl (C=O) groups is 1. The van der Waals surface area contributed by atoms with Crippen molar-refractivity contribution in [2.24, 2.45) is 0 Å². The predicted octanol–water partition coefficient (Wildman–Crippen LogP) is 3.82. The second kappa shape index (κ2) is 7.77. The smallest absolute Gasteiger partial charge is 0.274 e. The van der Waals surface area contributed by atoms with Crippen LogP contribution in [-0.4, -0.2) is 30.0 Å². The van der Waals surface area contributed by atoms with E-state index < -0.39 is 17.5 Å². The van der Waals surface area contributed by atoms with E-state index in [1.807, 2.05) is 31.1 Å². The van der Waals surface area contributed by atoms with Gasteiger partial charge in [-0.05, 0) is 36.4 Å². The van der Waals surface area contributed by atoms with Crippen molar-refractivity contribution in [1.82, 2.24) is 9.97 Å². The standard InChI is InChI=1S/C19H17F2N5O/c1-26(2)14-6-3-12(4-7-14)25-19(27)17-10-18(23-11-22-17)24-13-5-8-15(20)16(21)9-13/h3-11H,1-2H3,(H,25,27)(H,22,23,24). The van der Waals surface area contributed by atoms with Crippen molar-refractivity contribution in [2.75, 3.05) is 29.6 Å². The van der Waals surface area contributed by atoms with Crippen molar-refractivity contribution < 1.29 is 13.6 Å². The van der Waals surface area contributed by atoms with Crippen molar-refractivity contribution in [1.29, 1.82) is 0 Å². The minimum Gasteiger partial charge on any atom is -0.378 e. The van der Waals surface area contributed by atoms with E-state index in [0.29, 0.717) is 11.4 Å². The Balaban J connectivity index is 1.72. The number of nitrogens with one attached hydrogen (secondary N) is 2. The average molecular weight is 369 g/mol. The third-order valence-electron chi connectivity index (χ3n) is 3.73. The number of hydrogen-bond acceptors (Lipinski definition) is 5. The molecule has 3 aromatic rings. The third-order valence-corrected chi connectivity index (χ3v) is 3.73. The van der Waals surface area contributed by atoms with Gasteiger partial charge in [0.15, 0.2) is 11.6 Å². The van der Waals surface area contributed by atoms with E-state index in [0.717, 1.165) is 17.8 Å². The molecule has 138 valence electrons. The zero-order chi connectivity index (χ0) is 19.4. The van der Waals surface area contributed by atoms with Crippen LogP contribution in [0.25, 0.3) is 0 Å². The monoisotopic (exact) mass is 369 g/mol. The first-order chi connectivity index (χ1) is 12.9. The second-order valence-electron chi connectivity index (χ2n) is 5.94. The lowest BCUT2D eigenvalue weighted by atomic mass is 10.2. The summed E-state index contributed by atoms with van der Waals surface area (Å²) < 4.78 is 26.3. The lowest BCUT2D eigenvalue weighted by molar-refractivity contribution is 0.102. The van der Waals surface area contributed by atoms with Gasteiger partial charge in [0, 0.05) is 43.3 Å². The van der Waals surface area contributed by atoms with Crippen molar-refractivity contribution in [3.05, 3.63) is 72.2 Å². The van der Waals surface area contributed by atoms with E-state index in [2.05, 4.69) is 20.6 Å². The Bertz CT molecular complexity index is 961. The quantitative estimate of drug-likeness (QED) is 0.716. The van der Waals surface area contributed by atoms with Gasteiger partial charge in [-0.2, -0.15) is 0 Å². The predicted molar refractivity (Wildman–Crippen MR) is 100 cm³/mol. The molecule has 0 saturated heterocycles. The molecule has 2 aromatic carbocycles. The van der Waals surface area contributed by atoms with E-state index in [1.165, 1.54) is 18.5 Å². The lowest BCUT2D eigenvalue weighted by Gasteiger charge is -2.13. The van der Waals surface area contributed by atoms with Crippen molar-refractivity contribution in [3.63, 3.8) is 0 Å². The Morgan fingerprint density at radius 1 is 0.926 bits per heavy atom. The Morgan fingerprint density at radius 2 is 1.63 bits per heavy atom. The average Bonchev–Trinajstić information content (AvgIpc) is 2.65. The number of nitrogens with zero attached hydrogens (tertiary/aromatic N) is 3. The number of halogens is 2. The summed E-state index contributed by atoms with van der Waals surface area (Å²) in [4.78, 5) is 22.3. The lowest BCUT2D eigenvalue weighted by Crippen LogP contribution is -2.14. The molecule has 0 bridgehead atoms. The van der Waals surface area contributed by atoms with Crippen molar-refractivity contribution in [3.8, 4) is 0 Å². The normalized spacial score (nSPS) is 10.4. The van der Waals surface area contributed by atoms with Crippen LogP contribution < -0.4 is 15.5 Å². The Hall–Kier alpha value is -3.55. The largest absolute Gasteiger partial charge is 0.378 e. The van der Waals surface area contributed by atoms with Gasteiger partial charge in [0.25, 0.3) is 5.91 Å². The molecule has 8 heteroatoms. The van der Waals surface area contributed by atoms with Gasteiger partial charge < -0.3 is 15.5 Å². The number of anilines is 4. The van der Waals surface area contributed by atoms with Gasteiger partial charge in [-0.25, -0.2) is 18.7 Å². The molecule has 0 aliphatic rings. The van der Waals surface area contributed by atoms with Crippen LogP contribution >= 0.6 is 0 Å². The number of hydrogen-bond donors (Lipinski definition) is 2. The highest BCUT2D eigenvalue weighted by molar-refractivity contribution is 6.03. The number of rotatable bonds is 5. The minimum atomic E-state index is -0.979. The molecule has 1 heterocycles. The van der Waals surface area contributed by atoms with Crippen molar-refractivity contribution >= 4 is 28.8 Å². The van der Waals surface area contributed by atoms with Crippen LogP contribution in [0.2, 0.25) is 0 Å². The highest BCUT2D eigenvalue weighted by Crippen LogP contribution is 2.19. The summed E-state index contributed by atoms with van der Waals surface area (Å²) in [6.07, 6.45) is 1.21. The van der Waals surface area contributed by atoms with Gasteiger partial charge in [-0.3, -0.25) is 4.79 Å². The van der Waals surface area contributed by atoms with Gasteiger partial charge in [0.05, 0.1) is 0 Å². The van der Waals surface area contributed by atoms with Crippen LogP contribution in [-0.2, 0) is 0 Å². The fourth-order valence-corrected chi connectivity index (χ4v) is 2.31. The van der Waals surface area contributed by atoms with Crippen LogP contribution in [0.1, 0.15) is 10.5 Å². The maximum Gasteiger partial charge on any atom is 0.274 e. The summed E-state index contributed by atoms with van der Waals surface area (Å²) in [7, 11) is 3.85. The van der Waals surface area contributed by atoms with Crippen LogP contribution in [0.5, 0.6) is 0 Å². The molecule has 0 fully saturated rings. The number of amides is 1. The van der Waals surface area contributed by atoms with Crippen LogP contribution in [0, 0.1) is 11.6 Å². The molecular weight excluding hydrogens is 352 g/mol. The zero-order valence-electron chi connectivity index (χ0n) is 14.7. The first-order valence-corrected chi connectivity index (χ1v) is 8.05. The molecule has 1 amide bonds. The Labute approximate surface area is 154 Å². The topological polar surface area (TPSA) is 70.2 Å². The fraction of sp³-hybridized carbons (Fsp3) is 0.105. The zero-order valence-corrected chi connectivity index (χ0v) is 14.7. The van der Waals surface area contributed by atoms with E-state index in [-0.39, 0.29) is 11.5 Å². The van der Waals surface area contributed by atoms with Crippen LogP contribution in [0.3, 0.4) is 0 Å². The van der Waals surface area contributed by atoms with Crippen LogP contribution in [0.4, 0.5) is 31.7 Å². The minimum absolute atomic E-state index is 0.131. The molecule has 0 radical (unpaired) electrons. The maximum absolute atomic E-state index is 13.3. The summed E-state index contributed by atoms with van der Waals surface area (Å²) in [5, 5.41) is 5.55. The first-order valence-electron chi connectivity index (χ1n) is 8.05. The molecule has 0 atom stereocenters. The summed E-state index contributed by atoms with van der Waals surface area (Å²) in [6, 6.07) is 12.1. The highest BCUT2D eigenvalue weighted by atomic mass is 19.2. The molecule has 0 aliphatic carbocycles. The second-order valence-corrected chi connectivity index (χ2v) is 5.94. The fourth-order valence-electron chi connectivity index (χ4n) is 2.31. The van der Waals surface area contributed by atoms with Crippen LogP contribution in [0.15, 0.2) is 54.9 Å². The SMILES string of the molecule is CN(C)c1ccc(NC(=O)c2cc(Nc3ccc(F)c(F)c3)ncn2)cc1. The molecule has 6 nitrogen and oxygen atoms in total. The van der Waals surface area contributed by atoms with Gasteiger partial charge in [0.1, 0.15) is 17.8 Å². The number of aromatic nitrogens is 2. The third kappa shape index (κ3) is 4.55. The van der Waals surface area contributed by atoms with E-state index in [9.17, 15) is 13.6 Å². The molecule has 3 rings (SSSR count). The van der Waals surface area contributed by atoms with E-state index in [4.69, 9.17) is 0 Å². The molecule has 0 unspecified atom stereocenters. The molecule has 2 N–H and O–H groups in total. The van der Waals surface area contributed by atoms with E-state index >= 15 is 0 Å². The molecule has 0 aliphatic heterocycles. The Morgan fingerprint density at radius 3 is 2.30 bits per heavy atom. The molecule has 27 heavy (non-hydrogen) atoms. The summed E-state index contributed by atoms with van der Waals surface area (Å²) >= 11 is 0. The Kier molecular flexibility index (Phi) is 5.25. The van der Waals surface area contributed by atoms with E-state index in [1.54, 1.807) is 12.1 Å². The maximum atomic E-state index is 13.3. The number of benzene rings is 2. The summed E-state index contributed by atoms with van der Waals surface area (Å²) in [6.45, 7) is 0. The molecule has 0 spiro atoms. The van der Waals surface area contributed by atoms with Gasteiger partial charge in [-0.1, -0.05) is 0 Å². The molecule has 1 aromatic heterocycles. The van der Waals surface area contributed by atoms with Crippen molar-refractivity contribution in [2.45, 2.75) is 0 Å².